The molecular formula is C14H24NO10P. The summed E-state index contributed by atoms with van der Waals surface area (Å²) >= 11 is 0. The zero-order valence-electron chi connectivity index (χ0n) is 15.1. The van der Waals surface area contributed by atoms with E-state index < -0.39 is 50.9 Å². The zero-order valence-corrected chi connectivity index (χ0v) is 16.1. The maximum absolute atomic E-state index is 12.1. The van der Waals surface area contributed by atoms with Crippen LogP contribution in [-0.4, -0.2) is 66.8 Å². The fourth-order valence-electron chi connectivity index (χ4n) is 1.57. The normalized spacial score (nSPS) is 12.8. The number of carbonyl (C=O) groups excluding carboxylic acids is 3. The van der Waals surface area contributed by atoms with E-state index in [2.05, 4.69) is 14.2 Å². The fourth-order valence-corrected chi connectivity index (χ4v) is 1.98. The largest absolute Gasteiger partial charge is 0.480 e. The second-order valence-corrected chi connectivity index (χ2v) is 6.47. The predicted octanol–water partition coefficient (Wildman–Crippen LogP) is 1.70. The standard InChI is InChI=1S/C14H24NO10P/c1-5-22-13(19)15(10(11(16)17)6-7-25-26(4)21)14(20)24-8-23-12(18)9(2)3/h9-10,26H,5-8H2,1-4H3,(H,16,17). The van der Waals surface area contributed by atoms with Crippen LogP contribution in [0.25, 0.3) is 0 Å². The number of nitrogens with zero attached hydrogens (tertiary/aromatic N) is 1. The summed E-state index contributed by atoms with van der Waals surface area (Å²) in [5.74, 6) is -2.62. The summed E-state index contributed by atoms with van der Waals surface area (Å²) in [6.45, 7) is 4.73. The zero-order chi connectivity index (χ0) is 20.3. The highest BCUT2D eigenvalue weighted by Gasteiger charge is 2.37. The fraction of sp³-hybridized carbons (Fsp3) is 0.714. The van der Waals surface area contributed by atoms with Crippen molar-refractivity contribution in [2.75, 3.05) is 26.7 Å². The molecule has 0 rings (SSSR count). The van der Waals surface area contributed by atoms with Crippen LogP contribution in [0.15, 0.2) is 0 Å². The van der Waals surface area contributed by atoms with E-state index in [1.807, 2.05) is 0 Å². The number of rotatable bonds is 10. The van der Waals surface area contributed by atoms with Gasteiger partial charge in [-0.3, -0.25) is 9.36 Å². The molecule has 2 unspecified atom stereocenters. The minimum Gasteiger partial charge on any atom is -0.480 e. The lowest BCUT2D eigenvalue weighted by atomic mass is 10.2. The summed E-state index contributed by atoms with van der Waals surface area (Å²) in [6.07, 6.45) is -2.94. The molecule has 0 saturated carbocycles. The van der Waals surface area contributed by atoms with Gasteiger partial charge in [-0.2, -0.15) is 4.90 Å². The van der Waals surface area contributed by atoms with Gasteiger partial charge in [0.2, 0.25) is 6.79 Å². The quantitative estimate of drug-likeness (QED) is 0.328. The van der Waals surface area contributed by atoms with Crippen molar-refractivity contribution >= 4 is 32.2 Å². The molecule has 0 aliphatic heterocycles. The molecule has 0 aromatic rings. The van der Waals surface area contributed by atoms with Gasteiger partial charge in [-0.25, -0.2) is 14.4 Å². The van der Waals surface area contributed by atoms with E-state index >= 15 is 0 Å². The van der Waals surface area contributed by atoms with E-state index in [1.165, 1.54) is 13.6 Å². The first kappa shape index (κ1) is 23.9. The smallest absolute Gasteiger partial charge is 0.423 e. The Hall–Kier alpha value is -2.13. The van der Waals surface area contributed by atoms with Crippen molar-refractivity contribution in [2.24, 2.45) is 5.92 Å². The SMILES string of the molecule is CCOC(=O)N(C(=O)OCOC(=O)C(C)C)C(CCO[PH](C)=O)C(=O)O. The minimum absolute atomic E-state index is 0.115. The number of carboxylic acids is 1. The lowest BCUT2D eigenvalue weighted by molar-refractivity contribution is -0.157. The first-order chi connectivity index (χ1) is 12.1. The Bertz CT molecular complexity index is 536. The van der Waals surface area contributed by atoms with Gasteiger partial charge in [0.1, 0.15) is 6.04 Å². The molecule has 26 heavy (non-hydrogen) atoms. The van der Waals surface area contributed by atoms with E-state index in [0.717, 1.165) is 0 Å². The van der Waals surface area contributed by atoms with Gasteiger partial charge in [-0.05, 0) is 6.92 Å². The van der Waals surface area contributed by atoms with E-state index in [0.29, 0.717) is 0 Å². The van der Waals surface area contributed by atoms with Crippen LogP contribution in [0.2, 0.25) is 0 Å². The molecule has 0 aromatic carbocycles. The first-order valence-electron chi connectivity index (χ1n) is 7.77. The van der Waals surface area contributed by atoms with Gasteiger partial charge in [0.15, 0.2) is 8.03 Å². The molecule has 12 heteroatoms. The van der Waals surface area contributed by atoms with Crippen LogP contribution in [0, 0.1) is 5.92 Å². The second-order valence-electron chi connectivity index (χ2n) is 5.20. The summed E-state index contributed by atoms with van der Waals surface area (Å²) in [5, 5.41) is 9.29. The average Bonchev–Trinajstić information content (AvgIpc) is 2.53. The van der Waals surface area contributed by atoms with Crippen molar-refractivity contribution in [1.29, 1.82) is 0 Å². The molecule has 0 fully saturated rings. The van der Waals surface area contributed by atoms with Gasteiger partial charge in [0.25, 0.3) is 0 Å². The number of amides is 2. The molecule has 0 aliphatic rings. The third-order valence-corrected chi connectivity index (χ3v) is 3.42. The molecule has 0 bridgehead atoms. The molecule has 0 aromatic heterocycles. The molecule has 2 amide bonds. The number of aliphatic carboxylic acids is 1. The highest BCUT2D eigenvalue weighted by Crippen LogP contribution is 2.18. The number of imide groups is 1. The lowest BCUT2D eigenvalue weighted by Crippen LogP contribution is -2.49. The highest BCUT2D eigenvalue weighted by molar-refractivity contribution is 7.38. The topological polar surface area (TPSA) is 146 Å². The molecule has 11 nitrogen and oxygen atoms in total. The number of ether oxygens (including phenoxy) is 3. The summed E-state index contributed by atoms with van der Waals surface area (Å²) in [7, 11) is -2.31. The van der Waals surface area contributed by atoms with Crippen LogP contribution in [-0.2, 0) is 32.9 Å². The Kier molecular flexibility index (Phi) is 11.3. The van der Waals surface area contributed by atoms with Crippen LogP contribution in [0.3, 0.4) is 0 Å². The van der Waals surface area contributed by atoms with Crippen molar-refractivity contribution < 1.29 is 47.6 Å². The molecule has 0 spiro atoms. The van der Waals surface area contributed by atoms with Gasteiger partial charge in [0, 0.05) is 13.1 Å². The number of hydrogen-bond acceptors (Lipinski definition) is 9. The Morgan fingerprint density at radius 2 is 1.65 bits per heavy atom. The molecule has 150 valence electrons. The van der Waals surface area contributed by atoms with E-state index in [1.54, 1.807) is 13.8 Å². The van der Waals surface area contributed by atoms with Crippen molar-refractivity contribution in [1.82, 2.24) is 4.90 Å². The number of carboxylic acid groups (broad SMARTS) is 1. The molecule has 0 heterocycles. The van der Waals surface area contributed by atoms with Crippen molar-refractivity contribution in [3.05, 3.63) is 0 Å². The third-order valence-electron chi connectivity index (χ3n) is 2.81. The van der Waals surface area contributed by atoms with Crippen molar-refractivity contribution in [2.45, 2.75) is 33.2 Å². The van der Waals surface area contributed by atoms with Gasteiger partial charge in [-0.15, -0.1) is 0 Å². The third kappa shape index (κ3) is 8.82. The van der Waals surface area contributed by atoms with Crippen molar-refractivity contribution in [3.63, 3.8) is 0 Å². The average molecular weight is 397 g/mol. The Labute approximate surface area is 151 Å². The summed E-state index contributed by atoms with van der Waals surface area (Å²) in [4.78, 5) is 47.1. The van der Waals surface area contributed by atoms with Crippen LogP contribution < -0.4 is 0 Å². The first-order valence-corrected chi connectivity index (χ1v) is 9.58. The molecule has 1 N–H and O–H groups in total. The van der Waals surface area contributed by atoms with Crippen LogP contribution >= 0.6 is 8.03 Å². The van der Waals surface area contributed by atoms with Crippen LogP contribution in [0.1, 0.15) is 27.2 Å². The minimum atomic E-state index is -2.31. The maximum Gasteiger partial charge on any atom is 0.423 e. The van der Waals surface area contributed by atoms with E-state index in [4.69, 9.17) is 4.52 Å². The Morgan fingerprint density at radius 1 is 1.08 bits per heavy atom. The van der Waals surface area contributed by atoms with Crippen LogP contribution in [0.4, 0.5) is 9.59 Å². The van der Waals surface area contributed by atoms with Gasteiger partial charge >= 0.3 is 24.1 Å². The van der Waals surface area contributed by atoms with E-state index in [9.17, 15) is 28.8 Å². The molecule has 0 aliphatic carbocycles. The summed E-state index contributed by atoms with van der Waals surface area (Å²) in [5.41, 5.74) is 0. The van der Waals surface area contributed by atoms with Gasteiger partial charge < -0.3 is 23.8 Å². The van der Waals surface area contributed by atoms with Gasteiger partial charge in [-0.1, -0.05) is 13.8 Å². The predicted molar refractivity (Wildman–Crippen MR) is 88.1 cm³/mol. The summed E-state index contributed by atoms with van der Waals surface area (Å²) in [6, 6.07) is -1.68. The Morgan fingerprint density at radius 3 is 2.12 bits per heavy atom. The summed E-state index contributed by atoms with van der Waals surface area (Å²) < 4.78 is 29.7. The number of hydrogen-bond donors (Lipinski definition) is 1. The molecule has 2 atom stereocenters. The second kappa shape index (κ2) is 12.3. The van der Waals surface area contributed by atoms with Gasteiger partial charge in [0.05, 0.1) is 19.1 Å². The molecule has 0 saturated heterocycles. The highest BCUT2D eigenvalue weighted by atomic mass is 31.1. The van der Waals surface area contributed by atoms with E-state index in [-0.39, 0.29) is 24.5 Å². The molecule has 0 radical (unpaired) electrons. The molecular weight excluding hydrogens is 373 g/mol. The number of esters is 1. The van der Waals surface area contributed by atoms with Crippen molar-refractivity contribution in [3.8, 4) is 0 Å². The maximum atomic E-state index is 12.1. The Balaban J connectivity index is 5.11. The number of carbonyl (C=O) groups is 4. The van der Waals surface area contributed by atoms with Crippen LogP contribution in [0.5, 0.6) is 0 Å². The lowest BCUT2D eigenvalue weighted by Gasteiger charge is -2.25. The monoisotopic (exact) mass is 397 g/mol.